The van der Waals surface area contributed by atoms with Gasteiger partial charge in [-0.2, -0.15) is 9.97 Å². The van der Waals surface area contributed by atoms with Crippen molar-refractivity contribution < 1.29 is 0 Å². The van der Waals surface area contributed by atoms with E-state index in [1.54, 1.807) is 0 Å². The summed E-state index contributed by atoms with van der Waals surface area (Å²) in [6.07, 6.45) is 0. The third-order valence-corrected chi connectivity index (χ3v) is 13.4. The van der Waals surface area contributed by atoms with Crippen molar-refractivity contribution >= 4 is 43.6 Å². The Labute approximate surface area is 360 Å². The summed E-state index contributed by atoms with van der Waals surface area (Å²) in [5, 5.41) is 5.02. The van der Waals surface area contributed by atoms with Crippen molar-refractivity contribution in [3.8, 4) is 45.5 Å². The molecule has 3 heterocycles. The molecule has 8 aromatic carbocycles. The Hall–Kier alpha value is -7.63. The van der Waals surface area contributed by atoms with Crippen LogP contribution in [0.4, 0.5) is 0 Å². The second-order valence-electron chi connectivity index (χ2n) is 17.6. The first-order valence-electron chi connectivity index (χ1n) is 21.5. The highest BCUT2D eigenvalue weighted by molar-refractivity contribution is 6.15. The van der Waals surface area contributed by atoms with Gasteiger partial charge in [0, 0.05) is 49.2 Å². The van der Waals surface area contributed by atoms with Crippen molar-refractivity contribution in [2.45, 2.75) is 38.5 Å². The maximum absolute atomic E-state index is 5.23. The Kier molecular flexibility index (Phi) is 7.85. The summed E-state index contributed by atoms with van der Waals surface area (Å²) in [5.41, 5.74) is 14.8. The van der Waals surface area contributed by atoms with Crippen molar-refractivity contribution in [1.29, 1.82) is 0 Å². The number of rotatable bonds is 5. The molecule has 11 aromatic rings. The van der Waals surface area contributed by atoms with Gasteiger partial charge < -0.3 is 4.57 Å². The molecule has 296 valence electrons. The first-order valence-corrected chi connectivity index (χ1v) is 21.5. The number of hydrogen-bond acceptors (Lipinski definition) is 3. The van der Waals surface area contributed by atoms with Crippen LogP contribution in [-0.2, 0) is 10.8 Å². The molecular weight excluding hydrogens is 755 g/mol. The minimum absolute atomic E-state index is 0.336. The van der Waals surface area contributed by atoms with Gasteiger partial charge in [-0.3, -0.25) is 4.57 Å². The molecule has 62 heavy (non-hydrogen) atoms. The van der Waals surface area contributed by atoms with E-state index in [9.17, 15) is 0 Å². The maximum Gasteiger partial charge on any atom is 0.238 e. The molecule has 0 amide bonds. The van der Waals surface area contributed by atoms with Crippen LogP contribution in [0.1, 0.15) is 49.9 Å². The van der Waals surface area contributed by atoms with Crippen LogP contribution in [0.3, 0.4) is 0 Å². The molecule has 0 saturated heterocycles. The van der Waals surface area contributed by atoms with Crippen molar-refractivity contribution in [3.05, 3.63) is 210 Å². The van der Waals surface area contributed by atoms with Crippen molar-refractivity contribution in [2.24, 2.45) is 0 Å². The number of para-hydroxylation sites is 2. The lowest BCUT2D eigenvalue weighted by Crippen LogP contribution is -2.37. The van der Waals surface area contributed by atoms with Crippen LogP contribution in [0.2, 0.25) is 0 Å². The number of nitrogens with zero attached hydrogens (tertiary/aromatic N) is 5. The monoisotopic (exact) mass is 797 g/mol. The van der Waals surface area contributed by atoms with Gasteiger partial charge in [-0.25, -0.2) is 4.98 Å². The number of fused-ring (bicyclic) bond motifs is 10. The van der Waals surface area contributed by atoms with E-state index in [0.717, 1.165) is 27.8 Å². The molecule has 0 aliphatic heterocycles. The van der Waals surface area contributed by atoms with Crippen LogP contribution in [0, 0.1) is 0 Å². The van der Waals surface area contributed by atoms with Crippen LogP contribution in [0.5, 0.6) is 0 Å². The molecule has 1 aliphatic carbocycles. The highest BCUT2D eigenvalue weighted by atomic mass is 15.2. The minimum atomic E-state index is -0.354. The molecule has 12 rings (SSSR count). The van der Waals surface area contributed by atoms with Crippen LogP contribution >= 0.6 is 0 Å². The molecule has 0 atom stereocenters. The lowest BCUT2D eigenvalue weighted by Gasteiger charge is -2.45. The Morgan fingerprint density at radius 1 is 0.339 bits per heavy atom. The van der Waals surface area contributed by atoms with E-state index in [4.69, 9.17) is 15.0 Å². The summed E-state index contributed by atoms with van der Waals surface area (Å²) in [6.45, 7) is 9.69. The van der Waals surface area contributed by atoms with Crippen molar-refractivity contribution in [3.63, 3.8) is 0 Å². The molecule has 3 aromatic heterocycles. The number of aromatic nitrogens is 5. The zero-order valence-electron chi connectivity index (χ0n) is 35.1. The zero-order chi connectivity index (χ0) is 41.7. The summed E-state index contributed by atoms with van der Waals surface area (Å²) in [7, 11) is 0. The van der Waals surface area contributed by atoms with Crippen LogP contribution in [0.25, 0.3) is 89.2 Å². The van der Waals surface area contributed by atoms with Gasteiger partial charge in [-0.05, 0) is 69.8 Å². The third-order valence-electron chi connectivity index (χ3n) is 13.4. The molecule has 0 unspecified atom stereocenters. The molecule has 5 nitrogen and oxygen atoms in total. The van der Waals surface area contributed by atoms with Gasteiger partial charge in [0.15, 0.2) is 11.6 Å². The van der Waals surface area contributed by atoms with Gasteiger partial charge in [0.25, 0.3) is 0 Å². The lowest BCUT2D eigenvalue weighted by atomic mass is 9.58. The van der Waals surface area contributed by atoms with E-state index in [1.807, 2.05) is 36.4 Å². The van der Waals surface area contributed by atoms with Crippen LogP contribution in [0.15, 0.2) is 188 Å². The van der Waals surface area contributed by atoms with E-state index in [0.29, 0.717) is 17.6 Å². The zero-order valence-corrected chi connectivity index (χ0v) is 35.1. The Morgan fingerprint density at radius 2 is 0.742 bits per heavy atom. The van der Waals surface area contributed by atoms with E-state index >= 15 is 0 Å². The number of benzene rings is 8. The summed E-state index contributed by atoms with van der Waals surface area (Å²) in [6, 6.07) is 67.2. The predicted octanol–water partition coefficient (Wildman–Crippen LogP) is 14.0. The summed E-state index contributed by atoms with van der Waals surface area (Å²) in [5.74, 6) is 1.89. The second kappa shape index (κ2) is 13.4. The molecule has 0 saturated carbocycles. The predicted molar refractivity (Wildman–Crippen MR) is 256 cm³/mol. The van der Waals surface area contributed by atoms with Gasteiger partial charge in [-0.15, -0.1) is 0 Å². The fourth-order valence-corrected chi connectivity index (χ4v) is 10.6. The SMILES string of the molecule is CC1(C)c2ccc3c(c2C(C)(C)c2ccc4c(c21)c1ccccc1n4-c1ccc(-c2ccccc2)cc1)c1ccccc1n3-c1nc(-c2ccccc2)nc(-c2ccccc2)n1. The Bertz CT molecular complexity index is 3480. The fourth-order valence-electron chi connectivity index (χ4n) is 10.6. The minimum Gasteiger partial charge on any atom is -0.309 e. The molecule has 0 bridgehead atoms. The van der Waals surface area contributed by atoms with Gasteiger partial charge in [0.05, 0.1) is 22.1 Å². The molecule has 0 N–H and O–H groups in total. The van der Waals surface area contributed by atoms with Gasteiger partial charge >= 0.3 is 0 Å². The van der Waals surface area contributed by atoms with E-state index < -0.39 is 0 Å². The Balaban J connectivity index is 1.09. The average Bonchev–Trinajstić information content (AvgIpc) is 3.84. The topological polar surface area (TPSA) is 48.5 Å². The molecular formula is C57H43N5. The quantitative estimate of drug-likeness (QED) is 0.174. The first kappa shape index (κ1) is 36.2. The smallest absolute Gasteiger partial charge is 0.238 e. The Morgan fingerprint density at radius 3 is 1.24 bits per heavy atom. The van der Waals surface area contributed by atoms with E-state index in [2.05, 4.69) is 188 Å². The molecule has 0 spiro atoms. The van der Waals surface area contributed by atoms with E-state index in [-0.39, 0.29) is 10.8 Å². The number of hydrogen-bond donors (Lipinski definition) is 0. The molecule has 0 fully saturated rings. The van der Waals surface area contributed by atoms with Crippen molar-refractivity contribution in [1.82, 2.24) is 24.1 Å². The third kappa shape index (κ3) is 5.24. The summed E-state index contributed by atoms with van der Waals surface area (Å²) >= 11 is 0. The van der Waals surface area contributed by atoms with Gasteiger partial charge in [-0.1, -0.05) is 179 Å². The largest absolute Gasteiger partial charge is 0.309 e. The van der Waals surface area contributed by atoms with Crippen LogP contribution < -0.4 is 0 Å². The fraction of sp³-hybridized carbons (Fsp3) is 0.105. The summed E-state index contributed by atoms with van der Waals surface area (Å²) in [4.78, 5) is 15.5. The lowest BCUT2D eigenvalue weighted by molar-refractivity contribution is 0.529. The molecule has 1 aliphatic rings. The average molecular weight is 798 g/mol. The summed E-state index contributed by atoms with van der Waals surface area (Å²) < 4.78 is 4.71. The second-order valence-corrected chi connectivity index (χ2v) is 17.6. The van der Waals surface area contributed by atoms with Gasteiger partial charge in [0.2, 0.25) is 5.95 Å². The molecule has 5 heteroatoms. The van der Waals surface area contributed by atoms with Crippen LogP contribution in [-0.4, -0.2) is 24.1 Å². The first-order chi connectivity index (χ1) is 30.3. The highest BCUT2D eigenvalue weighted by Gasteiger charge is 2.45. The molecule has 0 radical (unpaired) electrons. The van der Waals surface area contributed by atoms with Crippen molar-refractivity contribution in [2.75, 3.05) is 0 Å². The normalized spacial score (nSPS) is 14.1. The standard InChI is InChI=1S/C57H43N5/c1-56(2)44-33-35-48-50(42-25-15-17-27-46(42)62(48)55-59-53(38-20-10-6-11-21-38)58-54(60-55)39-22-12-7-13-23-39)52(44)57(3,4)43-32-34-47-49(51(43)56)41-24-14-16-26-45(41)61(47)40-30-28-37(29-31-40)36-18-8-5-9-19-36/h5-35H,1-4H3. The van der Waals surface area contributed by atoms with E-state index in [1.165, 1.54) is 66.0 Å². The maximum atomic E-state index is 5.23. The van der Waals surface area contributed by atoms with Gasteiger partial charge in [0.1, 0.15) is 0 Å². The highest BCUT2D eigenvalue weighted by Crippen LogP contribution is 2.56.